The second-order valence-corrected chi connectivity index (χ2v) is 7.63. The van der Waals surface area contributed by atoms with Crippen LogP contribution in [0.15, 0.2) is 47.1 Å². The third kappa shape index (κ3) is 3.53. The van der Waals surface area contributed by atoms with Crippen molar-refractivity contribution in [2.45, 2.75) is 11.0 Å². The van der Waals surface area contributed by atoms with Gasteiger partial charge < -0.3 is 14.6 Å². The van der Waals surface area contributed by atoms with Crippen LogP contribution < -0.4 is 5.32 Å². The zero-order valence-electron chi connectivity index (χ0n) is 12.1. The van der Waals surface area contributed by atoms with Gasteiger partial charge in [-0.15, -0.1) is 0 Å². The predicted molar refractivity (Wildman–Crippen MR) is 82.1 cm³/mol. The largest absolute Gasteiger partial charge is 0.468 e. The lowest BCUT2D eigenvalue weighted by atomic mass is 10.2. The molecule has 1 saturated heterocycles. The molecule has 2 amide bonds. The molecule has 3 rings (SSSR count). The first kappa shape index (κ1) is 15.5. The first-order chi connectivity index (χ1) is 10.9. The van der Waals surface area contributed by atoms with Crippen LogP contribution in [-0.4, -0.2) is 37.7 Å². The second kappa shape index (κ2) is 6.04. The number of carbonyl (C=O) groups excluding carboxylic acids is 1. The first-order valence-electron chi connectivity index (χ1n) is 6.99. The molecule has 1 N–H and O–H groups in total. The van der Waals surface area contributed by atoms with Crippen molar-refractivity contribution in [3.8, 4) is 0 Å². The van der Waals surface area contributed by atoms with Crippen LogP contribution in [0, 0.1) is 5.82 Å². The molecule has 0 radical (unpaired) electrons. The zero-order valence-corrected chi connectivity index (χ0v) is 12.9. The van der Waals surface area contributed by atoms with Gasteiger partial charge >= 0.3 is 6.03 Å². The van der Waals surface area contributed by atoms with Gasteiger partial charge in [-0.05, 0) is 36.4 Å². The third-order valence-electron chi connectivity index (χ3n) is 3.66. The van der Waals surface area contributed by atoms with Crippen molar-refractivity contribution in [3.63, 3.8) is 0 Å². The average Bonchev–Trinajstić information content (AvgIpc) is 2.91. The van der Waals surface area contributed by atoms with E-state index in [1.165, 1.54) is 35.4 Å². The van der Waals surface area contributed by atoms with E-state index >= 15 is 0 Å². The molecule has 1 aromatic heterocycles. The third-order valence-corrected chi connectivity index (χ3v) is 5.66. The fourth-order valence-corrected chi connectivity index (χ4v) is 3.89. The summed E-state index contributed by atoms with van der Waals surface area (Å²) in [5, 5.41) is 2.00. The van der Waals surface area contributed by atoms with Gasteiger partial charge in [0.25, 0.3) is 0 Å². The number of nitrogens with zero attached hydrogens (tertiary/aromatic N) is 1. The van der Waals surface area contributed by atoms with Gasteiger partial charge in [0, 0.05) is 18.8 Å². The van der Waals surface area contributed by atoms with Crippen LogP contribution in [0.2, 0.25) is 0 Å². The van der Waals surface area contributed by atoms with Crippen molar-refractivity contribution in [1.82, 2.24) is 4.90 Å². The topological polar surface area (TPSA) is 79.6 Å². The summed E-state index contributed by atoms with van der Waals surface area (Å²) in [6.07, 6.45) is 1.42. The molecule has 2 heterocycles. The zero-order chi connectivity index (χ0) is 16.4. The van der Waals surface area contributed by atoms with Gasteiger partial charge in [0.05, 0.1) is 11.5 Å². The number of sulfone groups is 1. The molecule has 0 spiro atoms. The highest BCUT2D eigenvalue weighted by Gasteiger charge is 2.40. The number of rotatable bonds is 4. The Morgan fingerprint density at radius 3 is 2.57 bits per heavy atom. The normalized spacial score (nSPS) is 15.3. The number of hydrogen-bond donors (Lipinski definition) is 1. The summed E-state index contributed by atoms with van der Waals surface area (Å²) < 4.78 is 42.2. The van der Waals surface area contributed by atoms with E-state index in [4.69, 9.17) is 4.42 Å². The van der Waals surface area contributed by atoms with E-state index < -0.39 is 26.9 Å². The summed E-state index contributed by atoms with van der Waals surface area (Å²) >= 11 is 0. The summed E-state index contributed by atoms with van der Waals surface area (Å²) in [6, 6.07) is 8.20. The molecule has 8 heteroatoms. The maximum atomic E-state index is 12.8. The molecular formula is C15H15FN2O4S. The van der Waals surface area contributed by atoms with E-state index in [-0.39, 0.29) is 18.8 Å². The number of furan rings is 1. The van der Waals surface area contributed by atoms with Gasteiger partial charge in [-0.3, -0.25) is 0 Å². The van der Waals surface area contributed by atoms with E-state index in [9.17, 15) is 17.6 Å². The predicted octanol–water partition coefficient (Wildman–Crippen LogP) is 2.25. The number of halogens is 1. The van der Waals surface area contributed by atoms with Crippen molar-refractivity contribution in [2.75, 3.05) is 18.4 Å². The first-order valence-corrected chi connectivity index (χ1v) is 8.71. The fourth-order valence-electron chi connectivity index (χ4n) is 2.28. The van der Waals surface area contributed by atoms with E-state index in [2.05, 4.69) is 5.32 Å². The number of likely N-dealkylation sites (tertiary alicyclic amines) is 1. The van der Waals surface area contributed by atoms with Crippen LogP contribution in [0.4, 0.5) is 14.9 Å². The van der Waals surface area contributed by atoms with E-state index in [0.717, 1.165) is 0 Å². The Morgan fingerprint density at radius 1 is 1.26 bits per heavy atom. The van der Waals surface area contributed by atoms with Gasteiger partial charge in [0.1, 0.15) is 17.3 Å². The smallest absolute Gasteiger partial charge is 0.321 e. The fraction of sp³-hybridized carbons (Fsp3) is 0.267. The summed E-state index contributed by atoms with van der Waals surface area (Å²) in [5.74, 6) is -0.173. The highest BCUT2D eigenvalue weighted by molar-refractivity contribution is 7.91. The molecule has 0 bridgehead atoms. The molecule has 1 aliphatic rings. The molecule has 0 unspecified atom stereocenters. The van der Waals surface area contributed by atoms with Crippen LogP contribution in [0.3, 0.4) is 0 Å². The van der Waals surface area contributed by atoms with Crippen molar-refractivity contribution in [1.29, 1.82) is 0 Å². The van der Waals surface area contributed by atoms with E-state index in [0.29, 0.717) is 11.4 Å². The number of nitrogens with one attached hydrogen (secondary N) is 1. The van der Waals surface area contributed by atoms with Gasteiger partial charge in [0.15, 0.2) is 9.84 Å². The molecule has 6 nitrogen and oxygen atoms in total. The van der Waals surface area contributed by atoms with Crippen molar-refractivity contribution in [3.05, 3.63) is 54.2 Å². The molecule has 23 heavy (non-hydrogen) atoms. The summed E-state index contributed by atoms with van der Waals surface area (Å²) in [4.78, 5) is 13.4. The minimum absolute atomic E-state index is 0.135. The highest BCUT2D eigenvalue weighted by atomic mass is 32.2. The Morgan fingerprint density at radius 2 is 1.96 bits per heavy atom. The van der Waals surface area contributed by atoms with Crippen LogP contribution in [0.25, 0.3) is 0 Å². The molecule has 1 aromatic carbocycles. The highest BCUT2D eigenvalue weighted by Crippen LogP contribution is 2.21. The number of carbonyl (C=O) groups is 1. The van der Waals surface area contributed by atoms with E-state index in [1.54, 1.807) is 12.1 Å². The molecule has 1 fully saturated rings. The van der Waals surface area contributed by atoms with Gasteiger partial charge in [0.2, 0.25) is 0 Å². The maximum absolute atomic E-state index is 12.8. The Labute approximate surface area is 132 Å². The molecule has 0 atom stereocenters. The van der Waals surface area contributed by atoms with Crippen LogP contribution >= 0.6 is 0 Å². The Hall–Kier alpha value is -2.35. The lowest BCUT2D eigenvalue weighted by molar-refractivity contribution is 0.182. The molecule has 0 saturated carbocycles. The van der Waals surface area contributed by atoms with Gasteiger partial charge in [-0.2, -0.15) is 0 Å². The van der Waals surface area contributed by atoms with Crippen molar-refractivity contribution < 1.29 is 22.0 Å². The number of anilines is 1. The Kier molecular flexibility index (Phi) is 4.08. The summed E-state index contributed by atoms with van der Waals surface area (Å²) in [7, 11) is -3.36. The molecule has 0 aliphatic carbocycles. The number of hydrogen-bond acceptors (Lipinski definition) is 4. The molecule has 1 aliphatic heterocycles. The minimum Gasteiger partial charge on any atom is -0.468 e. The lowest BCUT2D eigenvalue weighted by Gasteiger charge is -2.38. The number of benzene rings is 1. The number of urea groups is 1. The number of amides is 2. The van der Waals surface area contributed by atoms with Gasteiger partial charge in [-0.25, -0.2) is 17.6 Å². The summed E-state index contributed by atoms with van der Waals surface area (Å²) in [6.45, 7) is 0.270. The van der Waals surface area contributed by atoms with Crippen LogP contribution in [-0.2, 0) is 15.6 Å². The lowest BCUT2D eigenvalue weighted by Crippen LogP contribution is -2.58. The Bertz CT molecular complexity index is 781. The summed E-state index contributed by atoms with van der Waals surface area (Å²) in [5.41, 5.74) is 0.457. The monoisotopic (exact) mass is 338 g/mol. The van der Waals surface area contributed by atoms with Gasteiger partial charge in [-0.1, -0.05) is 0 Å². The van der Waals surface area contributed by atoms with E-state index in [1.807, 2.05) is 0 Å². The molecule has 122 valence electrons. The molecular weight excluding hydrogens is 323 g/mol. The molecule has 2 aromatic rings. The second-order valence-electron chi connectivity index (χ2n) is 5.35. The van der Waals surface area contributed by atoms with Crippen LogP contribution in [0.5, 0.6) is 0 Å². The van der Waals surface area contributed by atoms with Crippen molar-refractivity contribution in [2.24, 2.45) is 0 Å². The standard InChI is InChI=1S/C15H15FN2O4S/c16-11-3-5-12(6-4-11)17-15(19)18-8-14(9-18)23(20,21)10-13-2-1-7-22-13/h1-7,14H,8-10H2,(H,17,19). The maximum Gasteiger partial charge on any atom is 0.321 e. The van der Waals surface area contributed by atoms with Crippen LogP contribution in [0.1, 0.15) is 5.76 Å². The SMILES string of the molecule is O=C(Nc1ccc(F)cc1)N1CC(S(=O)(=O)Cc2ccco2)C1. The Balaban J connectivity index is 1.53. The van der Waals surface area contributed by atoms with Crippen molar-refractivity contribution >= 4 is 21.6 Å². The minimum atomic E-state index is -3.36. The quantitative estimate of drug-likeness (QED) is 0.927. The average molecular weight is 338 g/mol.